The SMILES string of the molecule is Cc1ccnc(Nc2cc(NCCNS(=O)(=O)Cc3ccc(F)cc3)ncn2)c1. The third kappa shape index (κ3) is 6.77. The minimum Gasteiger partial charge on any atom is -0.369 e. The topological polar surface area (TPSA) is 109 Å². The highest BCUT2D eigenvalue weighted by Gasteiger charge is 2.11. The maximum Gasteiger partial charge on any atom is 0.215 e. The van der Waals surface area contributed by atoms with E-state index in [1.807, 2.05) is 19.1 Å². The number of nitrogens with one attached hydrogen (secondary N) is 3. The van der Waals surface area contributed by atoms with Crippen LogP contribution in [0.3, 0.4) is 0 Å². The number of pyridine rings is 1. The molecule has 0 fully saturated rings. The van der Waals surface area contributed by atoms with Crippen molar-refractivity contribution in [3.63, 3.8) is 0 Å². The molecule has 10 heteroatoms. The summed E-state index contributed by atoms with van der Waals surface area (Å²) in [5.74, 6) is 1.17. The molecule has 8 nitrogen and oxygen atoms in total. The fourth-order valence-corrected chi connectivity index (χ4v) is 3.65. The standard InChI is InChI=1S/C19H21FN6O2S/c1-14-6-7-21-18(10-14)26-19-11-17(23-13-24-19)22-8-9-25-29(27,28)12-15-2-4-16(20)5-3-15/h2-7,10-11,13,25H,8-9,12H2,1H3,(H2,21,22,23,24,26). The van der Waals surface area contributed by atoms with E-state index in [9.17, 15) is 12.8 Å². The molecule has 0 saturated carbocycles. The molecule has 0 radical (unpaired) electrons. The first kappa shape index (κ1) is 20.6. The molecule has 0 unspecified atom stereocenters. The van der Waals surface area contributed by atoms with Crippen LogP contribution in [0.15, 0.2) is 55.0 Å². The first-order valence-electron chi connectivity index (χ1n) is 8.87. The predicted octanol–water partition coefficient (Wildman–Crippen LogP) is 2.59. The molecule has 3 rings (SSSR count). The van der Waals surface area contributed by atoms with Crippen molar-refractivity contribution in [2.24, 2.45) is 0 Å². The number of nitrogens with zero attached hydrogens (tertiary/aromatic N) is 3. The molecule has 3 N–H and O–H groups in total. The second-order valence-corrected chi connectivity index (χ2v) is 8.15. The zero-order chi connectivity index (χ0) is 20.7. The third-order valence-electron chi connectivity index (χ3n) is 3.86. The van der Waals surface area contributed by atoms with Gasteiger partial charge < -0.3 is 10.6 Å². The van der Waals surface area contributed by atoms with Gasteiger partial charge in [0.15, 0.2) is 0 Å². The van der Waals surface area contributed by atoms with E-state index in [2.05, 4.69) is 30.3 Å². The van der Waals surface area contributed by atoms with E-state index in [1.54, 1.807) is 12.3 Å². The van der Waals surface area contributed by atoms with Gasteiger partial charge in [0.25, 0.3) is 0 Å². The molecular formula is C19H21FN6O2S. The lowest BCUT2D eigenvalue weighted by Crippen LogP contribution is -2.30. The van der Waals surface area contributed by atoms with E-state index in [4.69, 9.17) is 0 Å². The quantitative estimate of drug-likeness (QED) is 0.460. The van der Waals surface area contributed by atoms with Crippen LogP contribution < -0.4 is 15.4 Å². The molecule has 0 spiro atoms. The molecule has 1 aromatic carbocycles. The number of rotatable bonds is 9. The number of hydrogen-bond acceptors (Lipinski definition) is 7. The molecule has 0 atom stereocenters. The smallest absolute Gasteiger partial charge is 0.215 e. The molecule has 3 aromatic rings. The number of halogens is 1. The Hall–Kier alpha value is -3.11. The van der Waals surface area contributed by atoms with Gasteiger partial charge in [-0.05, 0) is 42.3 Å². The monoisotopic (exact) mass is 416 g/mol. The van der Waals surface area contributed by atoms with Crippen LogP contribution in [0.1, 0.15) is 11.1 Å². The summed E-state index contributed by atoms with van der Waals surface area (Å²) in [6.07, 6.45) is 3.11. The van der Waals surface area contributed by atoms with E-state index in [-0.39, 0.29) is 12.3 Å². The van der Waals surface area contributed by atoms with Gasteiger partial charge in [-0.3, -0.25) is 0 Å². The molecule has 0 saturated heterocycles. The Balaban J connectivity index is 1.48. The fraction of sp³-hybridized carbons (Fsp3) is 0.211. The molecule has 0 aliphatic heterocycles. The van der Waals surface area contributed by atoms with Crippen molar-refractivity contribution >= 4 is 27.5 Å². The van der Waals surface area contributed by atoms with Crippen molar-refractivity contribution in [2.45, 2.75) is 12.7 Å². The zero-order valence-electron chi connectivity index (χ0n) is 15.8. The van der Waals surface area contributed by atoms with E-state index in [0.717, 1.165) is 5.56 Å². The number of hydrogen-bond donors (Lipinski definition) is 3. The van der Waals surface area contributed by atoms with Crippen LogP contribution in [-0.4, -0.2) is 36.5 Å². The molecule has 0 amide bonds. The lowest BCUT2D eigenvalue weighted by Gasteiger charge is -2.10. The zero-order valence-corrected chi connectivity index (χ0v) is 16.6. The molecule has 2 aromatic heterocycles. The van der Waals surface area contributed by atoms with Crippen LogP contribution in [0, 0.1) is 12.7 Å². The second-order valence-electron chi connectivity index (χ2n) is 6.34. The lowest BCUT2D eigenvalue weighted by molar-refractivity contribution is 0.581. The Morgan fingerprint density at radius 2 is 1.66 bits per heavy atom. The van der Waals surface area contributed by atoms with Crippen LogP contribution in [-0.2, 0) is 15.8 Å². The van der Waals surface area contributed by atoms with Gasteiger partial charge in [-0.25, -0.2) is 32.5 Å². The van der Waals surface area contributed by atoms with Gasteiger partial charge in [-0.2, -0.15) is 0 Å². The summed E-state index contributed by atoms with van der Waals surface area (Å²) in [6.45, 7) is 2.48. The number of sulfonamides is 1. The van der Waals surface area contributed by atoms with Crippen LogP contribution in [0.2, 0.25) is 0 Å². The summed E-state index contributed by atoms with van der Waals surface area (Å²) in [5.41, 5.74) is 1.59. The summed E-state index contributed by atoms with van der Waals surface area (Å²) in [4.78, 5) is 12.5. The molecular weight excluding hydrogens is 395 g/mol. The largest absolute Gasteiger partial charge is 0.369 e. The van der Waals surface area contributed by atoms with Gasteiger partial charge in [0.05, 0.1) is 5.75 Å². The van der Waals surface area contributed by atoms with Crippen LogP contribution in [0.5, 0.6) is 0 Å². The van der Waals surface area contributed by atoms with Crippen LogP contribution in [0.4, 0.5) is 21.8 Å². The van der Waals surface area contributed by atoms with Gasteiger partial charge >= 0.3 is 0 Å². The minimum absolute atomic E-state index is 0.176. The number of aromatic nitrogens is 3. The van der Waals surface area contributed by atoms with Crippen LogP contribution in [0.25, 0.3) is 0 Å². The Bertz CT molecular complexity index is 1060. The number of benzene rings is 1. The van der Waals surface area contributed by atoms with E-state index >= 15 is 0 Å². The Kier molecular flexibility index (Phi) is 6.68. The summed E-state index contributed by atoms with van der Waals surface area (Å²) < 4.78 is 39.6. The average molecular weight is 416 g/mol. The minimum atomic E-state index is -3.52. The van der Waals surface area contributed by atoms with Crippen molar-refractivity contribution in [1.29, 1.82) is 0 Å². The first-order valence-corrected chi connectivity index (χ1v) is 10.5. The van der Waals surface area contributed by atoms with Crippen molar-refractivity contribution < 1.29 is 12.8 Å². The molecule has 0 aliphatic rings. The molecule has 152 valence electrons. The van der Waals surface area contributed by atoms with Crippen molar-refractivity contribution in [3.05, 3.63) is 71.9 Å². The summed E-state index contributed by atoms with van der Waals surface area (Å²) in [6, 6.07) is 10.9. The maximum absolute atomic E-state index is 12.9. The van der Waals surface area contributed by atoms with Crippen molar-refractivity contribution in [2.75, 3.05) is 23.7 Å². The Morgan fingerprint density at radius 1 is 0.931 bits per heavy atom. The summed E-state index contributed by atoms with van der Waals surface area (Å²) >= 11 is 0. The Labute approximate surface area is 168 Å². The number of anilines is 3. The van der Waals surface area contributed by atoms with Gasteiger partial charge in [0, 0.05) is 25.4 Å². The predicted molar refractivity (Wildman–Crippen MR) is 110 cm³/mol. The third-order valence-corrected chi connectivity index (χ3v) is 5.22. The maximum atomic E-state index is 12.9. The van der Waals surface area contributed by atoms with Gasteiger partial charge in [0.2, 0.25) is 10.0 Å². The summed E-state index contributed by atoms with van der Waals surface area (Å²) in [7, 11) is -3.52. The normalized spacial score (nSPS) is 11.2. The molecule has 0 bridgehead atoms. The van der Waals surface area contributed by atoms with Gasteiger partial charge in [-0.15, -0.1) is 0 Å². The molecule has 2 heterocycles. The van der Waals surface area contributed by atoms with E-state index < -0.39 is 15.8 Å². The lowest BCUT2D eigenvalue weighted by atomic mass is 10.2. The highest BCUT2D eigenvalue weighted by Crippen LogP contribution is 2.15. The second kappa shape index (κ2) is 9.39. The van der Waals surface area contributed by atoms with Gasteiger partial charge in [0.1, 0.15) is 29.6 Å². The molecule has 29 heavy (non-hydrogen) atoms. The van der Waals surface area contributed by atoms with Crippen molar-refractivity contribution in [1.82, 2.24) is 19.7 Å². The molecule has 0 aliphatic carbocycles. The highest BCUT2D eigenvalue weighted by atomic mass is 32.2. The van der Waals surface area contributed by atoms with Crippen molar-refractivity contribution in [3.8, 4) is 0 Å². The van der Waals surface area contributed by atoms with E-state index in [1.165, 1.54) is 30.6 Å². The first-order chi connectivity index (χ1) is 13.9. The van der Waals surface area contributed by atoms with E-state index in [0.29, 0.717) is 29.6 Å². The van der Waals surface area contributed by atoms with Gasteiger partial charge in [-0.1, -0.05) is 12.1 Å². The summed E-state index contributed by atoms with van der Waals surface area (Å²) in [5, 5.41) is 6.13. The number of aryl methyl sites for hydroxylation is 1. The Morgan fingerprint density at radius 3 is 2.41 bits per heavy atom. The fourth-order valence-electron chi connectivity index (χ4n) is 2.51. The average Bonchev–Trinajstić information content (AvgIpc) is 2.67. The van der Waals surface area contributed by atoms with Crippen LogP contribution >= 0.6 is 0 Å². The highest BCUT2D eigenvalue weighted by molar-refractivity contribution is 7.88.